The van der Waals surface area contributed by atoms with Gasteiger partial charge in [-0.25, -0.2) is 4.98 Å². The second-order valence-corrected chi connectivity index (χ2v) is 8.50. The maximum Gasteiger partial charge on any atom is 0.107 e. The van der Waals surface area contributed by atoms with E-state index in [4.69, 9.17) is 28.2 Å². The van der Waals surface area contributed by atoms with Gasteiger partial charge in [0.05, 0.1) is 17.3 Å². The van der Waals surface area contributed by atoms with Crippen molar-refractivity contribution >= 4 is 34.5 Å². The minimum atomic E-state index is 0.687. The lowest BCUT2D eigenvalue weighted by Crippen LogP contribution is -2.49. The molecule has 3 heterocycles. The van der Waals surface area contributed by atoms with Crippen molar-refractivity contribution in [3.05, 3.63) is 38.6 Å². The van der Waals surface area contributed by atoms with Crippen molar-refractivity contribution in [3.63, 3.8) is 0 Å². The summed E-state index contributed by atoms with van der Waals surface area (Å²) >= 11 is 14.1. The van der Waals surface area contributed by atoms with Crippen molar-refractivity contribution in [2.75, 3.05) is 39.3 Å². The molecule has 1 N–H and O–H groups in total. The van der Waals surface area contributed by atoms with Gasteiger partial charge in [0.15, 0.2) is 0 Å². The van der Waals surface area contributed by atoms with Crippen LogP contribution in [0.5, 0.6) is 0 Å². The monoisotopic (exact) mass is 396 g/mol. The van der Waals surface area contributed by atoms with Gasteiger partial charge in [-0.05, 0) is 24.6 Å². The topological polar surface area (TPSA) is 31.4 Å². The SMILES string of the molecule is Clc1ccc(Cl)c(-c2csc(CN3CCC(N4CCNCC4)C3)n2)c1. The van der Waals surface area contributed by atoms with E-state index in [0.717, 1.165) is 49.0 Å². The van der Waals surface area contributed by atoms with E-state index in [9.17, 15) is 0 Å². The Balaban J connectivity index is 1.39. The molecule has 1 atom stereocenters. The Morgan fingerprint density at radius 3 is 2.88 bits per heavy atom. The van der Waals surface area contributed by atoms with Gasteiger partial charge in [-0.3, -0.25) is 9.80 Å². The van der Waals surface area contributed by atoms with E-state index < -0.39 is 0 Å². The van der Waals surface area contributed by atoms with E-state index in [-0.39, 0.29) is 0 Å². The highest BCUT2D eigenvalue weighted by molar-refractivity contribution is 7.09. The average molecular weight is 397 g/mol. The molecule has 0 saturated carbocycles. The fourth-order valence-electron chi connectivity index (χ4n) is 3.69. The highest BCUT2D eigenvalue weighted by atomic mass is 35.5. The Bertz CT molecular complexity index is 730. The van der Waals surface area contributed by atoms with E-state index >= 15 is 0 Å². The molecule has 1 aromatic carbocycles. The number of hydrogen-bond donors (Lipinski definition) is 1. The number of benzene rings is 1. The van der Waals surface area contributed by atoms with E-state index in [1.165, 1.54) is 19.5 Å². The van der Waals surface area contributed by atoms with Crippen molar-refractivity contribution in [1.82, 2.24) is 20.1 Å². The highest BCUT2D eigenvalue weighted by Crippen LogP contribution is 2.32. The van der Waals surface area contributed by atoms with Gasteiger partial charge >= 0.3 is 0 Å². The maximum absolute atomic E-state index is 6.30. The third-order valence-electron chi connectivity index (χ3n) is 5.03. The lowest BCUT2D eigenvalue weighted by molar-refractivity contribution is 0.170. The van der Waals surface area contributed by atoms with Gasteiger partial charge in [0.2, 0.25) is 0 Å². The van der Waals surface area contributed by atoms with Gasteiger partial charge in [0, 0.05) is 61.3 Å². The van der Waals surface area contributed by atoms with Crippen LogP contribution in [0, 0.1) is 0 Å². The van der Waals surface area contributed by atoms with E-state index in [2.05, 4.69) is 20.5 Å². The molecule has 0 radical (unpaired) electrons. The molecule has 2 saturated heterocycles. The van der Waals surface area contributed by atoms with Gasteiger partial charge < -0.3 is 5.32 Å². The molecule has 0 spiro atoms. The van der Waals surface area contributed by atoms with Crippen LogP contribution in [0.15, 0.2) is 23.6 Å². The molecule has 2 aliphatic rings. The molecule has 0 amide bonds. The predicted octanol–water partition coefficient (Wildman–Crippen LogP) is 3.60. The molecule has 25 heavy (non-hydrogen) atoms. The van der Waals surface area contributed by atoms with E-state index in [1.807, 2.05) is 12.1 Å². The first kappa shape index (κ1) is 17.7. The lowest BCUT2D eigenvalue weighted by atomic mass is 10.2. The summed E-state index contributed by atoms with van der Waals surface area (Å²) in [6.07, 6.45) is 1.26. The Labute approximate surface area is 162 Å². The molecule has 1 aromatic heterocycles. The fourth-order valence-corrected chi connectivity index (χ4v) is 4.92. The highest BCUT2D eigenvalue weighted by Gasteiger charge is 2.28. The van der Waals surface area contributed by atoms with Crippen LogP contribution in [0.2, 0.25) is 10.0 Å². The zero-order chi connectivity index (χ0) is 17.2. The Morgan fingerprint density at radius 1 is 1.20 bits per heavy atom. The summed E-state index contributed by atoms with van der Waals surface area (Å²) in [6.45, 7) is 7.81. The Morgan fingerprint density at radius 2 is 2.04 bits per heavy atom. The summed E-state index contributed by atoms with van der Waals surface area (Å²) in [5.41, 5.74) is 1.84. The van der Waals surface area contributed by atoms with Crippen LogP contribution in [0.3, 0.4) is 0 Å². The standard InChI is InChI=1S/C18H22Cl2N4S/c19-13-1-2-16(20)15(9-13)17-12-25-18(22-17)11-23-6-3-14(10-23)24-7-4-21-5-8-24/h1-2,9,12,14,21H,3-8,10-11H2. The molecule has 7 heteroatoms. The van der Waals surface area contributed by atoms with Crippen molar-refractivity contribution in [2.24, 2.45) is 0 Å². The van der Waals surface area contributed by atoms with Crippen molar-refractivity contribution < 1.29 is 0 Å². The number of nitrogens with zero attached hydrogens (tertiary/aromatic N) is 3. The van der Waals surface area contributed by atoms with Gasteiger partial charge in [-0.1, -0.05) is 23.2 Å². The zero-order valence-electron chi connectivity index (χ0n) is 14.0. The van der Waals surface area contributed by atoms with Crippen LogP contribution in [0.4, 0.5) is 0 Å². The molecule has 0 aliphatic carbocycles. The van der Waals surface area contributed by atoms with Crippen LogP contribution in [-0.4, -0.2) is 60.1 Å². The lowest BCUT2D eigenvalue weighted by Gasteiger charge is -2.32. The molecular weight excluding hydrogens is 375 g/mol. The molecule has 2 fully saturated rings. The summed E-state index contributed by atoms with van der Waals surface area (Å²) < 4.78 is 0. The Hall–Kier alpha value is -0.690. The number of aromatic nitrogens is 1. The maximum atomic E-state index is 6.30. The van der Waals surface area contributed by atoms with Crippen LogP contribution >= 0.6 is 34.5 Å². The van der Waals surface area contributed by atoms with Gasteiger partial charge in [-0.2, -0.15) is 0 Å². The smallest absolute Gasteiger partial charge is 0.107 e. The van der Waals surface area contributed by atoms with Gasteiger partial charge in [-0.15, -0.1) is 11.3 Å². The molecule has 134 valence electrons. The van der Waals surface area contributed by atoms with Gasteiger partial charge in [0.25, 0.3) is 0 Å². The number of rotatable bonds is 4. The molecule has 4 rings (SSSR count). The first-order chi connectivity index (χ1) is 12.2. The van der Waals surface area contributed by atoms with Crippen LogP contribution in [0.25, 0.3) is 11.3 Å². The average Bonchev–Trinajstić information content (AvgIpc) is 3.28. The van der Waals surface area contributed by atoms with Crippen molar-refractivity contribution in [1.29, 1.82) is 0 Å². The number of likely N-dealkylation sites (tertiary alicyclic amines) is 1. The number of piperazine rings is 1. The van der Waals surface area contributed by atoms with Gasteiger partial charge in [0.1, 0.15) is 5.01 Å². The fraction of sp³-hybridized carbons (Fsp3) is 0.500. The quantitative estimate of drug-likeness (QED) is 0.855. The first-order valence-electron chi connectivity index (χ1n) is 8.76. The molecule has 4 nitrogen and oxygen atoms in total. The number of halogens is 2. The molecular formula is C18H22Cl2N4S. The molecule has 1 unspecified atom stereocenters. The third-order valence-corrected chi connectivity index (χ3v) is 6.43. The minimum absolute atomic E-state index is 0.687. The minimum Gasteiger partial charge on any atom is -0.314 e. The van der Waals surface area contributed by atoms with E-state index in [1.54, 1.807) is 17.4 Å². The summed E-state index contributed by atoms with van der Waals surface area (Å²) in [6, 6.07) is 6.22. The summed E-state index contributed by atoms with van der Waals surface area (Å²) in [5.74, 6) is 0. The molecule has 2 aromatic rings. The second kappa shape index (κ2) is 7.91. The Kier molecular flexibility index (Phi) is 5.60. The normalized spacial score (nSPS) is 22.6. The van der Waals surface area contributed by atoms with E-state index in [0.29, 0.717) is 16.1 Å². The number of hydrogen-bond acceptors (Lipinski definition) is 5. The van der Waals surface area contributed by atoms with Crippen LogP contribution in [0.1, 0.15) is 11.4 Å². The molecule has 2 aliphatic heterocycles. The first-order valence-corrected chi connectivity index (χ1v) is 10.4. The van der Waals surface area contributed by atoms with Crippen molar-refractivity contribution in [3.8, 4) is 11.3 Å². The zero-order valence-corrected chi connectivity index (χ0v) is 16.4. The number of nitrogens with one attached hydrogen (secondary N) is 1. The second-order valence-electron chi connectivity index (χ2n) is 6.71. The predicted molar refractivity (Wildman–Crippen MR) is 106 cm³/mol. The summed E-state index contributed by atoms with van der Waals surface area (Å²) in [7, 11) is 0. The largest absolute Gasteiger partial charge is 0.314 e. The summed E-state index contributed by atoms with van der Waals surface area (Å²) in [5, 5.41) is 8.04. The van der Waals surface area contributed by atoms with Crippen LogP contribution in [-0.2, 0) is 6.54 Å². The molecule has 0 bridgehead atoms. The van der Waals surface area contributed by atoms with Crippen molar-refractivity contribution in [2.45, 2.75) is 19.0 Å². The third kappa shape index (κ3) is 4.18. The summed E-state index contributed by atoms with van der Waals surface area (Å²) in [4.78, 5) is 9.95. The van der Waals surface area contributed by atoms with Crippen LogP contribution < -0.4 is 5.32 Å². The number of thiazole rings is 1.